The van der Waals surface area contributed by atoms with E-state index in [4.69, 9.17) is 11.6 Å². The highest BCUT2D eigenvalue weighted by molar-refractivity contribution is 6.17. The van der Waals surface area contributed by atoms with Gasteiger partial charge in [-0.25, -0.2) is 14.2 Å². The first-order chi connectivity index (χ1) is 8.78. The van der Waals surface area contributed by atoms with Gasteiger partial charge in [0.05, 0.1) is 18.2 Å². The number of carbonyl (C=O) groups excluding carboxylic acids is 1. The van der Waals surface area contributed by atoms with Crippen molar-refractivity contribution in [3.05, 3.63) is 23.1 Å². The van der Waals surface area contributed by atoms with E-state index >= 15 is 0 Å². The lowest BCUT2D eigenvalue weighted by atomic mass is 10.2. The molecule has 0 saturated heterocycles. The Morgan fingerprint density at radius 2 is 2.11 bits per heavy atom. The molecule has 0 saturated carbocycles. The molecule has 9 heteroatoms. The van der Waals surface area contributed by atoms with Crippen LogP contribution in [0, 0.1) is 5.82 Å². The van der Waals surface area contributed by atoms with Crippen molar-refractivity contribution in [2.75, 3.05) is 6.61 Å². The van der Waals surface area contributed by atoms with Crippen LogP contribution in [0.1, 0.15) is 23.0 Å². The van der Waals surface area contributed by atoms with Gasteiger partial charge in [-0.2, -0.15) is 0 Å². The van der Waals surface area contributed by atoms with E-state index in [9.17, 15) is 22.4 Å². The van der Waals surface area contributed by atoms with Gasteiger partial charge in [0.1, 0.15) is 5.56 Å². The summed E-state index contributed by atoms with van der Waals surface area (Å²) in [6, 6.07) is 0.511. The zero-order valence-corrected chi connectivity index (χ0v) is 10.3. The molecule has 0 atom stereocenters. The predicted molar refractivity (Wildman–Crippen MR) is 56.4 cm³/mol. The number of aromatic nitrogens is 1. The number of esters is 1. The summed E-state index contributed by atoms with van der Waals surface area (Å²) in [5.41, 5.74) is -1.25. The van der Waals surface area contributed by atoms with Crippen molar-refractivity contribution in [2.24, 2.45) is 0 Å². The Morgan fingerprint density at radius 1 is 1.47 bits per heavy atom. The molecule has 0 unspecified atom stereocenters. The van der Waals surface area contributed by atoms with E-state index in [1.165, 1.54) is 6.92 Å². The van der Waals surface area contributed by atoms with Gasteiger partial charge in [-0.1, -0.05) is 0 Å². The lowest BCUT2D eigenvalue weighted by molar-refractivity contribution is -0.276. The van der Waals surface area contributed by atoms with Crippen LogP contribution < -0.4 is 4.74 Å². The Labute approximate surface area is 110 Å². The summed E-state index contributed by atoms with van der Waals surface area (Å²) in [6.07, 6.45) is -5.01. The Balaban J connectivity index is 3.22. The second-order valence-electron chi connectivity index (χ2n) is 3.17. The van der Waals surface area contributed by atoms with Crippen LogP contribution in [-0.4, -0.2) is 23.9 Å². The zero-order chi connectivity index (χ0) is 14.6. The number of pyridine rings is 1. The monoisotopic (exact) mass is 301 g/mol. The van der Waals surface area contributed by atoms with Crippen LogP contribution in [0.4, 0.5) is 17.6 Å². The summed E-state index contributed by atoms with van der Waals surface area (Å²) in [5.74, 6) is -3.76. The fourth-order valence-corrected chi connectivity index (χ4v) is 1.35. The molecule has 0 bridgehead atoms. The van der Waals surface area contributed by atoms with Crippen molar-refractivity contribution >= 4 is 17.6 Å². The number of halogens is 5. The molecule has 0 radical (unpaired) electrons. The first-order valence-corrected chi connectivity index (χ1v) is 5.50. The third kappa shape index (κ3) is 4.23. The highest BCUT2D eigenvalue weighted by Crippen LogP contribution is 2.25. The van der Waals surface area contributed by atoms with Crippen molar-refractivity contribution in [2.45, 2.75) is 19.2 Å². The van der Waals surface area contributed by atoms with Gasteiger partial charge in [-0.05, 0) is 6.92 Å². The first-order valence-electron chi connectivity index (χ1n) is 4.96. The molecule has 0 aromatic carbocycles. The molecule has 4 nitrogen and oxygen atoms in total. The van der Waals surface area contributed by atoms with E-state index in [2.05, 4.69) is 14.5 Å². The molecule has 1 rings (SSSR count). The van der Waals surface area contributed by atoms with Gasteiger partial charge in [0.15, 0.2) is 5.82 Å². The molecule has 19 heavy (non-hydrogen) atoms. The zero-order valence-electron chi connectivity index (χ0n) is 9.55. The topological polar surface area (TPSA) is 48.4 Å². The Kier molecular flexibility index (Phi) is 4.93. The number of nitrogens with zero attached hydrogens (tertiary/aromatic N) is 1. The standard InChI is InChI=1S/C10H8ClF4NO3/c1-2-18-9(17)5-3-7(19-10(13,14)15)16-6(4-11)8(5)12/h3H,2,4H2,1H3. The SMILES string of the molecule is CCOC(=O)c1cc(OC(F)(F)F)nc(CCl)c1F. The van der Waals surface area contributed by atoms with Gasteiger partial charge in [0.2, 0.25) is 5.88 Å². The Hall–Kier alpha value is -1.57. The van der Waals surface area contributed by atoms with Crippen LogP contribution in [-0.2, 0) is 10.6 Å². The lowest BCUT2D eigenvalue weighted by Crippen LogP contribution is -2.19. The minimum atomic E-state index is -5.01. The summed E-state index contributed by atoms with van der Waals surface area (Å²) in [7, 11) is 0. The third-order valence-corrected chi connectivity index (χ3v) is 2.10. The fourth-order valence-electron chi connectivity index (χ4n) is 1.17. The van der Waals surface area contributed by atoms with Crippen LogP contribution in [0.25, 0.3) is 0 Å². The minimum absolute atomic E-state index is 0.0632. The van der Waals surface area contributed by atoms with Crippen molar-refractivity contribution in [3.63, 3.8) is 0 Å². The summed E-state index contributed by atoms with van der Waals surface area (Å²) in [4.78, 5) is 14.6. The van der Waals surface area contributed by atoms with E-state index in [1.807, 2.05) is 0 Å². The highest BCUT2D eigenvalue weighted by Gasteiger charge is 2.33. The van der Waals surface area contributed by atoms with Crippen LogP contribution in [0.2, 0.25) is 0 Å². The molecule has 0 aliphatic carbocycles. The number of carbonyl (C=O) groups is 1. The van der Waals surface area contributed by atoms with Crippen molar-refractivity contribution in [1.82, 2.24) is 4.98 Å². The van der Waals surface area contributed by atoms with Gasteiger partial charge < -0.3 is 9.47 Å². The largest absolute Gasteiger partial charge is 0.574 e. The van der Waals surface area contributed by atoms with Gasteiger partial charge in [0, 0.05) is 6.07 Å². The second kappa shape index (κ2) is 6.05. The highest BCUT2D eigenvalue weighted by atomic mass is 35.5. The number of alkyl halides is 4. The normalized spacial score (nSPS) is 11.3. The Morgan fingerprint density at radius 3 is 2.58 bits per heavy atom. The van der Waals surface area contributed by atoms with E-state index < -0.39 is 41.2 Å². The molecule has 0 N–H and O–H groups in total. The molecule has 0 aliphatic rings. The molecule has 1 aromatic rings. The smallest absolute Gasteiger partial charge is 0.462 e. The summed E-state index contributed by atoms with van der Waals surface area (Å²) in [6.45, 7) is 1.40. The predicted octanol–water partition coefficient (Wildman–Crippen LogP) is 3.03. The van der Waals surface area contributed by atoms with Crippen molar-refractivity contribution < 1.29 is 31.8 Å². The lowest BCUT2D eigenvalue weighted by Gasteiger charge is -2.11. The molecular formula is C10H8ClF4NO3. The maximum absolute atomic E-state index is 13.7. The summed E-state index contributed by atoms with van der Waals surface area (Å²) in [5, 5.41) is 0. The van der Waals surface area contributed by atoms with E-state index in [-0.39, 0.29) is 6.61 Å². The number of hydrogen-bond donors (Lipinski definition) is 0. The molecule has 0 aliphatic heterocycles. The van der Waals surface area contributed by atoms with Crippen molar-refractivity contribution in [3.8, 4) is 5.88 Å². The molecular weight excluding hydrogens is 294 g/mol. The molecule has 0 fully saturated rings. The first kappa shape index (κ1) is 15.5. The second-order valence-corrected chi connectivity index (χ2v) is 3.44. The summed E-state index contributed by atoms with van der Waals surface area (Å²) < 4.78 is 57.9. The van der Waals surface area contributed by atoms with Gasteiger partial charge in [0.25, 0.3) is 0 Å². The fraction of sp³-hybridized carbons (Fsp3) is 0.400. The van der Waals surface area contributed by atoms with E-state index in [0.717, 1.165) is 0 Å². The Bertz CT molecular complexity index is 479. The molecule has 106 valence electrons. The average molecular weight is 302 g/mol. The maximum Gasteiger partial charge on any atom is 0.574 e. The number of hydrogen-bond acceptors (Lipinski definition) is 4. The van der Waals surface area contributed by atoms with Crippen LogP contribution in [0.5, 0.6) is 5.88 Å². The summed E-state index contributed by atoms with van der Waals surface area (Å²) >= 11 is 5.34. The van der Waals surface area contributed by atoms with Crippen LogP contribution >= 0.6 is 11.6 Å². The number of ether oxygens (including phenoxy) is 2. The number of rotatable bonds is 4. The molecule has 0 amide bonds. The van der Waals surface area contributed by atoms with Crippen LogP contribution in [0.3, 0.4) is 0 Å². The molecule has 0 spiro atoms. The quantitative estimate of drug-likeness (QED) is 0.487. The van der Waals surface area contributed by atoms with Gasteiger partial charge in [-0.15, -0.1) is 24.8 Å². The maximum atomic E-state index is 13.7. The van der Waals surface area contributed by atoms with Crippen LogP contribution in [0.15, 0.2) is 6.07 Å². The van der Waals surface area contributed by atoms with Gasteiger partial charge in [-0.3, -0.25) is 0 Å². The van der Waals surface area contributed by atoms with E-state index in [0.29, 0.717) is 6.07 Å². The van der Waals surface area contributed by atoms with E-state index in [1.54, 1.807) is 0 Å². The van der Waals surface area contributed by atoms with Crippen molar-refractivity contribution in [1.29, 1.82) is 0 Å². The molecule has 1 aromatic heterocycles. The average Bonchev–Trinajstić information content (AvgIpc) is 2.29. The minimum Gasteiger partial charge on any atom is -0.462 e. The molecule has 1 heterocycles. The third-order valence-electron chi connectivity index (χ3n) is 1.85. The van der Waals surface area contributed by atoms with Gasteiger partial charge >= 0.3 is 12.3 Å².